The summed E-state index contributed by atoms with van der Waals surface area (Å²) in [5.74, 6) is 0.813. The molecule has 1 aliphatic carbocycles. The third-order valence-electron chi connectivity index (χ3n) is 4.77. The van der Waals surface area contributed by atoms with E-state index in [0.29, 0.717) is 19.4 Å². The average Bonchev–Trinajstić information content (AvgIpc) is 2.58. The molecule has 2 heterocycles. The molecule has 4 rings (SSSR count). The Balaban J connectivity index is 1.61. The molecule has 1 saturated carbocycles. The summed E-state index contributed by atoms with van der Waals surface area (Å²) in [6, 6.07) is 14.1. The van der Waals surface area contributed by atoms with Crippen molar-refractivity contribution in [1.29, 1.82) is 0 Å². The SMILES string of the molecule is FC1CC(CNc2nccc3ccncc23)(c2ccccc2)C1. The highest BCUT2D eigenvalue weighted by Gasteiger charge is 2.45. The van der Waals surface area contributed by atoms with Gasteiger partial charge < -0.3 is 5.32 Å². The van der Waals surface area contributed by atoms with Crippen LogP contribution in [0.3, 0.4) is 0 Å². The molecule has 2 aromatic heterocycles. The van der Waals surface area contributed by atoms with Gasteiger partial charge in [0, 0.05) is 35.9 Å². The molecule has 0 bridgehead atoms. The Labute approximate surface area is 134 Å². The molecule has 1 fully saturated rings. The molecule has 0 spiro atoms. The van der Waals surface area contributed by atoms with Crippen molar-refractivity contribution >= 4 is 16.6 Å². The van der Waals surface area contributed by atoms with Crippen LogP contribution in [0.2, 0.25) is 0 Å². The minimum absolute atomic E-state index is 0.146. The molecule has 0 atom stereocenters. The maximum Gasteiger partial charge on any atom is 0.135 e. The van der Waals surface area contributed by atoms with E-state index in [1.165, 1.54) is 5.56 Å². The summed E-state index contributed by atoms with van der Waals surface area (Å²) < 4.78 is 13.6. The molecular weight excluding hydrogens is 289 g/mol. The number of hydrogen-bond donors (Lipinski definition) is 1. The number of halogens is 1. The van der Waals surface area contributed by atoms with Crippen LogP contribution in [0.25, 0.3) is 10.8 Å². The maximum atomic E-state index is 13.6. The minimum atomic E-state index is -0.709. The van der Waals surface area contributed by atoms with E-state index in [1.54, 1.807) is 12.4 Å². The third kappa shape index (κ3) is 2.54. The zero-order valence-electron chi connectivity index (χ0n) is 12.7. The number of aromatic nitrogens is 2. The summed E-state index contributed by atoms with van der Waals surface area (Å²) in [5, 5.41) is 5.53. The van der Waals surface area contributed by atoms with E-state index in [-0.39, 0.29) is 5.41 Å². The number of rotatable bonds is 4. The molecule has 4 heteroatoms. The van der Waals surface area contributed by atoms with Crippen molar-refractivity contribution in [3.05, 3.63) is 66.6 Å². The fraction of sp³-hybridized carbons (Fsp3) is 0.263. The van der Waals surface area contributed by atoms with Gasteiger partial charge >= 0.3 is 0 Å². The van der Waals surface area contributed by atoms with E-state index in [0.717, 1.165) is 16.6 Å². The topological polar surface area (TPSA) is 37.8 Å². The van der Waals surface area contributed by atoms with Crippen LogP contribution in [0.15, 0.2) is 61.1 Å². The van der Waals surface area contributed by atoms with Gasteiger partial charge in [0.25, 0.3) is 0 Å². The first-order chi connectivity index (χ1) is 11.3. The predicted octanol–water partition coefficient (Wildman–Crippen LogP) is 4.11. The first-order valence-corrected chi connectivity index (χ1v) is 7.89. The first kappa shape index (κ1) is 14.1. The lowest BCUT2D eigenvalue weighted by atomic mass is 9.63. The number of fused-ring (bicyclic) bond motifs is 1. The van der Waals surface area contributed by atoms with Crippen molar-refractivity contribution in [1.82, 2.24) is 9.97 Å². The Morgan fingerprint density at radius 2 is 1.87 bits per heavy atom. The van der Waals surface area contributed by atoms with Gasteiger partial charge in [-0.15, -0.1) is 0 Å². The molecule has 3 aromatic rings. The molecule has 23 heavy (non-hydrogen) atoms. The zero-order valence-corrected chi connectivity index (χ0v) is 12.7. The Bertz CT molecular complexity index is 808. The second kappa shape index (κ2) is 5.61. The Hall–Kier alpha value is -2.49. The summed E-state index contributed by atoms with van der Waals surface area (Å²) in [5.41, 5.74) is 1.05. The predicted molar refractivity (Wildman–Crippen MR) is 90.3 cm³/mol. The van der Waals surface area contributed by atoms with E-state index < -0.39 is 6.17 Å². The highest BCUT2D eigenvalue weighted by molar-refractivity contribution is 5.90. The zero-order chi connectivity index (χ0) is 15.7. The maximum absolute atomic E-state index is 13.6. The van der Waals surface area contributed by atoms with E-state index in [4.69, 9.17) is 0 Å². The molecule has 1 aliphatic rings. The van der Waals surface area contributed by atoms with Crippen LogP contribution in [0.4, 0.5) is 10.2 Å². The standard InChI is InChI=1S/C19H18FN3/c20-16-10-19(11-16,15-4-2-1-3-5-15)13-23-18-17-12-21-8-6-14(17)7-9-22-18/h1-9,12,16H,10-11,13H2,(H,22,23). The van der Waals surface area contributed by atoms with Gasteiger partial charge in [-0.2, -0.15) is 0 Å². The van der Waals surface area contributed by atoms with Crippen LogP contribution in [-0.4, -0.2) is 22.7 Å². The summed E-state index contributed by atoms with van der Waals surface area (Å²) >= 11 is 0. The van der Waals surface area contributed by atoms with E-state index in [2.05, 4.69) is 27.4 Å². The van der Waals surface area contributed by atoms with Gasteiger partial charge in [-0.3, -0.25) is 4.98 Å². The molecule has 3 nitrogen and oxygen atoms in total. The van der Waals surface area contributed by atoms with E-state index in [1.807, 2.05) is 36.5 Å². The van der Waals surface area contributed by atoms with Gasteiger partial charge in [0.1, 0.15) is 12.0 Å². The van der Waals surface area contributed by atoms with Crippen molar-refractivity contribution in [3.63, 3.8) is 0 Å². The number of anilines is 1. The molecule has 116 valence electrons. The second-order valence-electron chi connectivity index (χ2n) is 6.26. The fourth-order valence-corrected chi connectivity index (χ4v) is 3.47. The van der Waals surface area contributed by atoms with Gasteiger partial charge in [-0.05, 0) is 35.9 Å². The monoisotopic (exact) mass is 307 g/mol. The average molecular weight is 307 g/mol. The quantitative estimate of drug-likeness (QED) is 0.788. The van der Waals surface area contributed by atoms with E-state index >= 15 is 0 Å². The number of hydrogen-bond acceptors (Lipinski definition) is 3. The summed E-state index contributed by atoms with van der Waals surface area (Å²) in [6.07, 6.45) is 5.80. The largest absolute Gasteiger partial charge is 0.369 e. The number of benzene rings is 1. The number of alkyl halides is 1. The highest BCUT2D eigenvalue weighted by atomic mass is 19.1. The van der Waals surface area contributed by atoms with Crippen molar-refractivity contribution in [2.45, 2.75) is 24.4 Å². The normalized spacial score (nSPS) is 23.4. The molecule has 0 amide bonds. The smallest absolute Gasteiger partial charge is 0.135 e. The molecule has 0 unspecified atom stereocenters. The van der Waals surface area contributed by atoms with Crippen LogP contribution in [-0.2, 0) is 5.41 Å². The van der Waals surface area contributed by atoms with Gasteiger partial charge in [-0.1, -0.05) is 30.3 Å². The van der Waals surface area contributed by atoms with Gasteiger partial charge in [0.2, 0.25) is 0 Å². The van der Waals surface area contributed by atoms with Gasteiger partial charge in [0.05, 0.1) is 0 Å². The van der Waals surface area contributed by atoms with Crippen molar-refractivity contribution < 1.29 is 4.39 Å². The molecule has 1 aromatic carbocycles. The van der Waals surface area contributed by atoms with Crippen LogP contribution < -0.4 is 5.32 Å². The fourth-order valence-electron chi connectivity index (χ4n) is 3.47. The van der Waals surface area contributed by atoms with Gasteiger partial charge in [-0.25, -0.2) is 9.37 Å². The minimum Gasteiger partial charge on any atom is -0.369 e. The third-order valence-corrected chi connectivity index (χ3v) is 4.77. The summed E-state index contributed by atoms with van der Waals surface area (Å²) in [7, 11) is 0. The molecular formula is C19H18FN3. The lowest BCUT2D eigenvalue weighted by Crippen LogP contribution is -2.47. The van der Waals surface area contributed by atoms with Crippen molar-refractivity contribution in [2.24, 2.45) is 0 Å². The summed E-state index contributed by atoms with van der Waals surface area (Å²) in [6.45, 7) is 0.679. The van der Waals surface area contributed by atoms with Crippen molar-refractivity contribution in [2.75, 3.05) is 11.9 Å². The molecule has 0 aliphatic heterocycles. The summed E-state index contributed by atoms with van der Waals surface area (Å²) in [4.78, 5) is 8.62. The highest BCUT2D eigenvalue weighted by Crippen LogP contribution is 2.45. The number of pyridine rings is 2. The van der Waals surface area contributed by atoms with Crippen LogP contribution in [0, 0.1) is 0 Å². The van der Waals surface area contributed by atoms with Crippen LogP contribution in [0.5, 0.6) is 0 Å². The second-order valence-corrected chi connectivity index (χ2v) is 6.26. The van der Waals surface area contributed by atoms with Crippen LogP contribution >= 0.6 is 0 Å². The van der Waals surface area contributed by atoms with Crippen LogP contribution in [0.1, 0.15) is 18.4 Å². The Morgan fingerprint density at radius 1 is 1.09 bits per heavy atom. The Kier molecular flexibility index (Phi) is 3.45. The van der Waals surface area contributed by atoms with Gasteiger partial charge in [0.15, 0.2) is 0 Å². The lowest BCUT2D eigenvalue weighted by molar-refractivity contribution is 0.103. The molecule has 0 saturated heterocycles. The number of nitrogens with one attached hydrogen (secondary N) is 1. The molecule has 1 N–H and O–H groups in total. The first-order valence-electron chi connectivity index (χ1n) is 7.89. The van der Waals surface area contributed by atoms with E-state index in [9.17, 15) is 4.39 Å². The lowest BCUT2D eigenvalue weighted by Gasteiger charge is -2.45. The number of nitrogens with zero attached hydrogens (tertiary/aromatic N) is 2. The van der Waals surface area contributed by atoms with Crippen molar-refractivity contribution in [3.8, 4) is 0 Å². The Morgan fingerprint density at radius 3 is 2.65 bits per heavy atom. The molecule has 0 radical (unpaired) electrons.